The van der Waals surface area contributed by atoms with Gasteiger partial charge in [0.05, 0.1) is 6.10 Å². The first kappa shape index (κ1) is 8.88. The van der Waals surface area contributed by atoms with Gasteiger partial charge in [0.2, 0.25) is 0 Å². The molecule has 0 amide bonds. The van der Waals surface area contributed by atoms with E-state index in [2.05, 4.69) is 5.32 Å². The van der Waals surface area contributed by atoms with Crippen LogP contribution in [0.15, 0.2) is 0 Å². The molecule has 0 heterocycles. The number of aliphatic hydroxyl groups excluding tert-OH is 1. The summed E-state index contributed by atoms with van der Waals surface area (Å²) in [6.07, 6.45) is 0.419. The van der Waals surface area contributed by atoms with Crippen LogP contribution in [0.1, 0.15) is 13.3 Å². The first-order valence-corrected chi connectivity index (χ1v) is 3.40. The number of likely N-dealkylation sites (N-methyl/N-ethyl adjacent to an activating group) is 1. The molecule has 56 valence electrons. The molecule has 1 atom stereocenters. The fraction of sp³-hybridized carbons (Fsp3) is 1.00. The molecule has 0 rings (SSSR count). The minimum absolute atomic E-state index is 0.269. The lowest BCUT2D eigenvalue weighted by molar-refractivity contribution is 0.165. The van der Waals surface area contributed by atoms with Crippen molar-refractivity contribution in [3.05, 3.63) is 0 Å². The molecular formula is C6H16N2O. The molecule has 1 unspecified atom stereocenters. The zero-order valence-corrected chi connectivity index (χ0v) is 5.93. The molecular weight excluding hydrogens is 116 g/mol. The second-order valence-electron chi connectivity index (χ2n) is 2.04. The summed E-state index contributed by atoms with van der Waals surface area (Å²) in [5, 5.41) is 12.1. The molecule has 0 aromatic heterocycles. The van der Waals surface area contributed by atoms with Gasteiger partial charge < -0.3 is 16.2 Å². The van der Waals surface area contributed by atoms with E-state index in [4.69, 9.17) is 10.8 Å². The maximum Gasteiger partial charge on any atom is 0.0676 e. The van der Waals surface area contributed by atoms with Crippen LogP contribution in [0.4, 0.5) is 0 Å². The summed E-state index contributed by atoms with van der Waals surface area (Å²) in [7, 11) is 0. The van der Waals surface area contributed by atoms with E-state index in [-0.39, 0.29) is 6.10 Å². The molecule has 0 bridgehead atoms. The van der Waals surface area contributed by atoms with Crippen molar-refractivity contribution in [1.82, 2.24) is 5.32 Å². The van der Waals surface area contributed by atoms with Gasteiger partial charge in [-0.05, 0) is 19.5 Å². The summed E-state index contributed by atoms with van der Waals surface area (Å²) in [6, 6.07) is 0. The second-order valence-corrected chi connectivity index (χ2v) is 2.04. The van der Waals surface area contributed by atoms with Crippen LogP contribution in [-0.4, -0.2) is 30.8 Å². The Hall–Kier alpha value is -0.120. The Labute approximate surface area is 56.2 Å². The zero-order valence-electron chi connectivity index (χ0n) is 5.93. The number of hydrogen-bond donors (Lipinski definition) is 3. The Morgan fingerprint density at radius 3 is 2.78 bits per heavy atom. The van der Waals surface area contributed by atoms with E-state index in [1.807, 2.05) is 6.92 Å². The van der Waals surface area contributed by atoms with E-state index in [1.54, 1.807) is 0 Å². The van der Waals surface area contributed by atoms with Crippen LogP contribution >= 0.6 is 0 Å². The molecule has 0 saturated carbocycles. The smallest absolute Gasteiger partial charge is 0.0676 e. The van der Waals surface area contributed by atoms with Crippen LogP contribution in [0.3, 0.4) is 0 Å². The number of nitrogens with two attached hydrogens (primary N) is 1. The molecule has 0 aliphatic heterocycles. The molecule has 9 heavy (non-hydrogen) atoms. The monoisotopic (exact) mass is 132 g/mol. The van der Waals surface area contributed by atoms with Gasteiger partial charge in [-0.2, -0.15) is 0 Å². The van der Waals surface area contributed by atoms with Gasteiger partial charge >= 0.3 is 0 Å². The fourth-order valence-corrected chi connectivity index (χ4v) is 0.605. The lowest BCUT2D eigenvalue weighted by Crippen LogP contribution is -2.28. The van der Waals surface area contributed by atoms with Crippen molar-refractivity contribution in [2.45, 2.75) is 19.4 Å². The van der Waals surface area contributed by atoms with Crippen molar-refractivity contribution in [2.75, 3.05) is 19.6 Å². The molecule has 0 aromatic rings. The zero-order chi connectivity index (χ0) is 7.11. The molecule has 0 saturated heterocycles. The summed E-state index contributed by atoms with van der Waals surface area (Å²) >= 11 is 0. The largest absolute Gasteiger partial charge is 0.392 e. The van der Waals surface area contributed by atoms with Crippen molar-refractivity contribution >= 4 is 0 Å². The van der Waals surface area contributed by atoms with E-state index < -0.39 is 0 Å². The molecule has 0 aliphatic carbocycles. The van der Waals surface area contributed by atoms with Crippen LogP contribution in [0.5, 0.6) is 0 Å². The highest BCUT2D eigenvalue weighted by atomic mass is 16.3. The van der Waals surface area contributed by atoms with Gasteiger partial charge in [-0.1, -0.05) is 6.92 Å². The minimum atomic E-state index is -0.269. The van der Waals surface area contributed by atoms with Gasteiger partial charge in [0.15, 0.2) is 0 Å². The van der Waals surface area contributed by atoms with Crippen molar-refractivity contribution < 1.29 is 5.11 Å². The maximum absolute atomic E-state index is 9.04. The summed E-state index contributed by atoms with van der Waals surface area (Å²) in [5.74, 6) is 0. The highest BCUT2D eigenvalue weighted by Gasteiger charge is 1.98. The Kier molecular flexibility index (Phi) is 5.93. The summed E-state index contributed by atoms with van der Waals surface area (Å²) < 4.78 is 0. The molecule has 0 aliphatic rings. The molecule has 0 spiro atoms. The number of rotatable bonds is 5. The predicted molar refractivity (Wildman–Crippen MR) is 38.2 cm³/mol. The number of aliphatic hydroxyl groups is 1. The topological polar surface area (TPSA) is 58.3 Å². The van der Waals surface area contributed by atoms with E-state index in [0.29, 0.717) is 19.5 Å². The van der Waals surface area contributed by atoms with E-state index in [9.17, 15) is 0 Å². The lowest BCUT2D eigenvalue weighted by atomic mass is 10.2. The Morgan fingerprint density at radius 1 is 1.67 bits per heavy atom. The summed E-state index contributed by atoms with van der Waals surface area (Å²) in [6.45, 7) is 4.14. The van der Waals surface area contributed by atoms with Gasteiger partial charge in [-0.3, -0.25) is 0 Å². The first-order chi connectivity index (χ1) is 4.31. The van der Waals surface area contributed by atoms with Gasteiger partial charge in [0.1, 0.15) is 0 Å². The quantitative estimate of drug-likeness (QED) is 0.464. The second kappa shape index (κ2) is 6.01. The minimum Gasteiger partial charge on any atom is -0.392 e. The Balaban J connectivity index is 2.95. The summed E-state index contributed by atoms with van der Waals surface area (Å²) in [4.78, 5) is 0. The standard InChI is InChI=1S/C6H16N2O/c1-2-8-5-6(9)3-4-7/h6,8-9H,2-5,7H2,1H3. The molecule has 0 aromatic carbocycles. The van der Waals surface area contributed by atoms with Crippen molar-refractivity contribution in [3.63, 3.8) is 0 Å². The van der Waals surface area contributed by atoms with Gasteiger partial charge in [0, 0.05) is 6.54 Å². The predicted octanol–water partition coefficient (Wildman–Crippen LogP) is -0.694. The van der Waals surface area contributed by atoms with Crippen molar-refractivity contribution in [2.24, 2.45) is 5.73 Å². The maximum atomic E-state index is 9.04. The molecule has 3 heteroatoms. The van der Waals surface area contributed by atoms with E-state index >= 15 is 0 Å². The van der Waals surface area contributed by atoms with Crippen LogP contribution in [0, 0.1) is 0 Å². The van der Waals surface area contributed by atoms with Gasteiger partial charge in [-0.15, -0.1) is 0 Å². The van der Waals surface area contributed by atoms with Crippen LogP contribution < -0.4 is 11.1 Å². The molecule has 3 nitrogen and oxygen atoms in total. The average Bonchev–Trinajstić information content (AvgIpc) is 1.85. The number of hydrogen-bond acceptors (Lipinski definition) is 3. The van der Waals surface area contributed by atoms with Crippen molar-refractivity contribution in [1.29, 1.82) is 0 Å². The first-order valence-electron chi connectivity index (χ1n) is 3.40. The van der Waals surface area contributed by atoms with Crippen molar-refractivity contribution in [3.8, 4) is 0 Å². The Bertz CT molecular complexity index is 59.0. The van der Waals surface area contributed by atoms with Gasteiger partial charge in [-0.25, -0.2) is 0 Å². The number of nitrogens with one attached hydrogen (secondary N) is 1. The Morgan fingerprint density at radius 2 is 2.33 bits per heavy atom. The lowest BCUT2D eigenvalue weighted by Gasteiger charge is -2.07. The summed E-state index contributed by atoms with van der Waals surface area (Å²) in [5.41, 5.74) is 5.21. The van der Waals surface area contributed by atoms with Crippen LogP contribution in [0.2, 0.25) is 0 Å². The molecule has 0 radical (unpaired) electrons. The van der Waals surface area contributed by atoms with E-state index in [0.717, 1.165) is 6.54 Å². The van der Waals surface area contributed by atoms with Crippen LogP contribution in [0.25, 0.3) is 0 Å². The normalized spacial score (nSPS) is 13.7. The third kappa shape index (κ3) is 5.76. The average molecular weight is 132 g/mol. The third-order valence-corrected chi connectivity index (χ3v) is 1.13. The molecule has 4 N–H and O–H groups in total. The van der Waals surface area contributed by atoms with Gasteiger partial charge in [0.25, 0.3) is 0 Å². The fourth-order valence-electron chi connectivity index (χ4n) is 0.605. The third-order valence-electron chi connectivity index (χ3n) is 1.13. The van der Waals surface area contributed by atoms with E-state index in [1.165, 1.54) is 0 Å². The van der Waals surface area contributed by atoms with Crippen LogP contribution in [-0.2, 0) is 0 Å². The molecule has 0 fully saturated rings. The highest BCUT2D eigenvalue weighted by Crippen LogP contribution is 1.84. The highest BCUT2D eigenvalue weighted by molar-refractivity contribution is 4.57. The SMILES string of the molecule is CCNCC(O)CCN.